The highest BCUT2D eigenvalue weighted by atomic mass is 19.1. The van der Waals surface area contributed by atoms with Crippen molar-refractivity contribution in [3.05, 3.63) is 29.8 Å². The van der Waals surface area contributed by atoms with E-state index in [-0.39, 0.29) is 11.8 Å². The van der Waals surface area contributed by atoms with Crippen LogP contribution in [0, 0.1) is 0 Å². The van der Waals surface area contributed by atoms with Gasteiger partial charge in [-0.3, -0.25) is 0 Å². The lowest BCUT2D eigenvalue weighted by Gasteiger charge is -2.20. The van der Waals surface area contributed by atoms with E-state index in [0.717, 1.165) is 25.8 Å². The zero-order valence-corrected chi connectivity index (χ0v) is 9.32. The van der Waals surface area contributed by atoms with Gasteiger partial charge in [-0.05, 0) is 37.1 Å². The second-order valence-electron chi connectivity index (χ2n) is 4.41. The van der Waals surface area contributed by atoms with Crippen molar-refractivity contribution in [2.24, 2.45) is 0 Å². The zero-order valence-electron chi connectivity index (χ0n) is 9.32. The van der Waals surface area contributed by atoms with E-state index >= 15 is 0 Å². The Bertz CT molecular complexity index is 334. The first kappa shape index (κ1) is 11.4. The Morgan fingerprint density at radius 2 is 2.19 bits per heavy atom. The van der Waals surface area contributed by atoms with E-state index in [4.69, 9.17) is 0 Å². The summed E-state index contributed by atoms with van der Waals surface area (Å²) in [5.74, 6) is 0.133. The van der Waals surface area contributed by atoms with E-state index in [2.05, 4.69) is 5.32 Å². The summed E-state index contributed by atoms with van der Waals surface area (Å²) in [6.45, 7) is 0.893. The predicted molar refractivity (Wildman–Crippen MR) is 62.2 cm³/mol. The largest absolute Gasteiger partial charge is 0.508 e. The van der Waals surface area contributed by atoms with Crippen molar-refractivity contribution in [2.75, 3.05) is 6.54 Å². The number of benzene rings is 1. The molecule has 1 aliphatic rings. The van der Waals surface area contributed by atoms with Crippen molar-refractivity contribution < 1.29 is 9.50 Å². The molecule has 1 saturated heterocycles. The average Bonchev–Trinajstić information content (AvgIpc) is 2.56. The van der Waals surface area contributed by atoms with Gasteiger partial charge in [-0.1, -0.05) is 25.0 Å². The number of aromatic hydroxyl groups is 1. The lowest BCUT2D eigenvalue weighted by atomic mass is 9.99. The van der Waals surface area contributed by atoms with Crippen molar-refractivity contribution >= 4 is 0 Å². The standard InChI is InChI=1S/C13H18FNO/c14-13(10-5-4-6-11(16)9-10)12-7-2-1-3-8-15-12/h4-6,9,12-13,15-16H,1-3,7-8H2. The molecule has 0 spiro atoms. The first-order valence-electron chi connectivity index (χ1n) is 5.94. The summed E-state index contributed by atoms with van der Waals surface area (Å²) >= 11 is 0. The maximum Gasteiger partial charge on any atom is 0.140 e. The smallest absolute Gasteiger partial charge is 0.140 e. The zero-order chi connectivity index (χ0) is 11.4. The average molecular weight is 223 g/mol. The molecule has 2 rings (SSSR count). The molecule has 1 aliphatic heterocycles. The fourth-order valence-electron chi connectivity index (χ4n) is 2.23. The summed E-state index contributed by atoms with van der Waals surface area (Å²) in [7, 11) is 0. The number of hydrogen-bond donors (Lipinski definition) is 2. The van der Waals surface area contributed by atoms with Gasteiger partial charge in [-0.2, -0.15) is 0 Å². The molecule has 0 aromatic heterocycles. The third kappa shape index (κ3) is 2.73. The van der Waals surface area contributed by atoms with Crippen LogP contribution in [-0.2, 0) is 0 Å². The molecule has 0 bridgehead atoms. The number of phenols is 1. The van der Waals surface area contributed by atoms with Crippen LogP contribution in [0.4, 0.5) is 4.39 Å². The minimum atomic E-state index is -1.02. The van der Waals surface area contributed by atoms with E-state index in [1.165, 1.54) is 12.5 Å². The highest BCUT2D eigenvalue weighted by Crippen LogP contribution is 2.28. The van der Waals surface area contributed by atoms with Gasteiger partial charge >= 0.3 is 0 Å². The lowest BCUT2D eigenvalue weighted by molar-refractivity contribution is 0.248. The highest BCUT2D eigenvalue weighted by Gasteiger charge is 2.23. The molecule has 2 N–H and O–H groups in total. The van der Waals surface area contributed by atoms with Crippen LogP contribution < -0.4 is 5.32 Å². The second-order valence-corrected chi connectivity index (χ2v) is 4.41. The van der Waals surface area contributed by atoms with Crippen LogP contribution >= 0.6 is 0 Å². The summed E-state index contributed by atoms with van der Waals surface area (Å²) in [6.07, 6.45) is 3.23. The molecule has 1 aromatic carbocycles. The number of nitrogens with one attached hydrogen (secondary N) is 1. The van der Waals surface area contributed by atoms with Gasteiger partial charge in [-0.15, -0.1) is 0 Å². The molecule has 1 heterocycles. The third-order valence-corrected chi connectivity index (χ3v) is 3.14. The van der Waals surface area contributed by atoms with Gasteiger partial charge in [0.25, 0.3) is 0 Å². The molecule has 2 atom stereocenters. The van der Waals surface area contributed by atoms with Crippen molar-refractivity contribution in [1.29, 1.82) is 0 Å². The first-order valence-corrected chi connectivity index (χ1v) is 5.94. The van der Waals surface area contributed by atoms with Gasteiger partial charge < -0.3 is 10.4 Å². The number of hydrogen-bond acceptors (Lipinski definition) is 2. The van der Waals surface area contributed by atoms with Crippen molar-refractivity contribution in [3.8, 4) is 5.75 Å². The molecule has 3 heteroatoms. The molecule has 0 aliphatic carbocycles. The molecular formula is C13H18FNO. The summed E-state index contributed by atoms with van der Waals surface area (Å²) in [4.78, 5) is 0. The maximum absolute atomic E-state index is 14.2. The fraction of sp³-hybridized carbons (Fsp3) is 0.538. The second kappa shape index (κ2) is 5.30. The van der Waals surface area contributed by atoms with E-state index in [1.807, 2.05) is 0 Å². The fourth-order valence-corrected chi connectivity index (χ4v) is 2.23. The topological polar surface area (TPSA) is 32.3 Å². The summed E-state index contributed by atoms with van der Waals surface area (Å²) in [5, 5.41) is 12.6. The number of halogens is 1. The number of alkyl halides is 1. The van der Waals surface area contributed by atoms with Gasteiger partial charge in [0.2, 0.25) is 0 Å². The molecule has 1 fully saturated rings. The maximum atomic E-state index is 14.2. The highest BCUT2D eigenvalue weighted by molar-refractivity contribution is 5.29. The monoisotopic (exact) mass is 223 g/mol. The Morgan fingerprint density at radius 3 is 3.00 bits per heavy atom. The van der Waals surface area contributed by atoms with Gasteiger partial charge in [-0.25, -0.2) is 4.39 Å². The van der Waals surface area contributed by atoms with Crippen molar-refractivity contribution in [1.82, 2.24) is 5.32 Å². The Balaban J connectivity index is 2.07. The van der Waals surface area contributed by atoms with E-state index in [0.29, 0.717) is 5.56 Å². The van der Waals surface area contributed by atoms with Crippen LogP contribution in [0.5, 0.6) is 5.75 Å². The van der Waals surface area contributed by atoms with Gasteiger partial charge in [0.1, 0.15) is 11.9 Å². The minimum Gasteiger partial charge on any atom is -0.508 e. The van der Waals surface area contributed by atoms with E-state index < -0.39 is 6.17 Å². The van der Waals surface area contributed by atoms with Gasteiger partial charge in [0.15, 0.2) is 0 Å². The van der Waals surface area contributed by atoms with Crippen molar-refractivity contribution in [3.63, 3.8) is 0 Å². The Morgan fingerprint density at radius 1 is 1.31 bits per heavy atom. The molecule has 0 radical (unpaired) electrons. The summed E-state index contributed by atoms with van der Waals surface area (Å²) in [5.41, 5.74) is 0.569. The van der Waals surface area contributed by atoms with E-state index in [9.17, 15) is 9.50 Å². The molecule has 2 nitrogen and oxygen atoms in total. The van der Waals surface area contributed by atoms with Crippen molar-refractivity contribution in [2.45, 2.75) is 37.9 Å². The van der Waals surface area contributed by atoms with Gasteiger partial charge in [0, 0.05) is 6.04 Å². The number of rotatable bonds is 2. The third-order valence-electron chi connectivity index (χ3n) is 3.14. The first-order chi connectivity index (χ1) is 7.77. The Labute approximate surface area is 95.5 Å². The Kier molecular flexibility index (Phi) is 3.78. The Hall–Kier alpha value is -1.09. The van der Waals surface area contributed by atoms with Crippen LogP contribution in [0.25, 0.3) is 0 Å². The van der Waals surface area contributed by atoms with Crippen LogP contribution in [0.3, 0.4) is 0 Å². The molecular weight excluding hydrogens is 205 g/mol. The van der Waals surface area contributed by atoms with Crippen LogP contribution in [0.2, 0.25) is 0 Å². The molecule has 1 aromatic rings. The molecule has 88 valence electrons. The van der Waals surface area contributed by atoms with Crippen LogP contribution in [-0.4, -0.2) is 17.7 Å². The van der Waals surface area contributed by atoms with E-state index in [1.54, 1.807) is 18.2 Å². The molecule has 0 saturated carbocycles. The number of phenolic OH excluding ortho intramolecular Hbond substituents is 1. The molecule has 0 amide bonds. The summed E-state index contributed by atoms with van der Waals surface area (Å²) in [6, 6.07) is 6.39. The predicted octanol–water partition coefficient (Wildman–Crippen LogP) is 2.94. The molecule has 2 unspecified atom stereocenters. The summed E-state index contributed by atoms with van der Waals surface area (Å²) < 4.78 is 14.2. The van der Waals surface area contributed by atoms with Crippen LogP contribution in [0.15, 0.2) is 24.3 Å². The quantitative estimate of drug-likeness (QED) is 0.808. The molecule has 16 heavy (non-hydrogen) atoms. The van der Waals surface area contributed by atoms with Gasteiger partial charge in [0.05, 0.1) is 0 Å². The van der Waals surface area contributed by atoms with Crippen LogP contribution in [0.1, 0.15) is 37.4 Å². The lowest BCUT2D eigenvalue weighted by Crippen LogP contribution is -2.32. The minimum absolute atomic E-state index is 0.107. The normalized spacial score (nSPS) is 23.7. The SMILES string of the molecule is Oc1cccc(C(F)C2CCCCCN2)c1.